The molecule has 4 rings (SSSR count). The number of aromatic nitrogens is 1. The Labute approximate surface area is 152 Å². The van der Waals surface area contributed by atoms with E-state index >= 15 is 0 Å². The standard InChI is InChI=1S/C22H19N3O/c23-20-15-22(18-7-3-1-4-8-18,19-9-5-2-6-10-19)21(26)25(20)16-17-11-13-24-14-12-17/h1-14,23H,15-16H2. The first-order valence-electron chi connectivity index (χ1n) is 8.61. The van der Waals surface area contributed by atoms with E-state index in [0.717, 1.165) is 16.7 Å². The van der Waals surface area contributed by atoms with Crippen molar-refractivity contribution in [3.8, 4) is 0 Å². The largest absolute Gasteiger partial charge is 0.295 e. The van der Waals surface area contributed by atoms with Crippen LogP contribution >= 0.6 is 0 Å². The van der Waals surface area contributed by atoms with Gasteiger partial charge in [0, 0.05) is 18.8 Å². The maximum absolute atomic E-state index is 13.6. The number of hydrogen-bond acceptors (Lipinski definition) is 3. The molecule has 2 heterocycles. The van der Waals surface area contributed by atoms with Gasteiger partial charge in [-0.1, -0.05) is 60.7 Å². The smallest absolute Gasteiger partial charge is 0.243 e. The lowest BCUT2D eigenvalue weighted by Crippen LogP contribution is -2.39. The maximum atomic E-state index is 13.6. The molecule has 4 nitrogen and oxygen atoms in total. The number of likely N-dealkylation sites (tertiary alicyclic amines) is 1. The van der Waals surface area contributed by atoms with Crippen molar-refractivity contribution in [2.24, 2.45) is 0 Å². The van der Waals surface area contributed by atoms with Crippen molar-refractivity contribution in [2.75, 3.05) is 0 Å². The minimum atomic E-state index is -0.841. The van der Waals surface area contributed by atoms with Gasteiger partial charge in [0.05, 0.1) is 6.54 Å². The zero-order valence-corrected chi connectivity index (χ0v) is 14.3. The van der Waals surface area contributed by atoms with Crippen molar-refractivity contribution < 1.29 is 4.79 Å². The van der Waals surface area contributed by atoms with Gasteiger partial charge in [-0.25, -0.2) is 0 Å². The van der Waals surface area contributed by atoms with Crippen LogP contribution in [0.5, 0.6) is 0 Å². The molecule has 0 radical (unpaired) electrons. The molecule has 26 heavy (non-hydrogen) atoms. The highest BCUT2D eigenvalue weighted by molar-refractivity contribution is 6.12. The van der Waals surface area contributed by atoms with E-state index < -0.39 is 5.41 Å². The van der Waals surface area contributed by atoms with Gasteiger partial charge in [-0.3, -0.25) is 20.1 Å². The van der Waals surface area contributed by atoms with Gasteiger partial charge in [0.15, 0.2) is 0 Å². The maximum Gasteiger partial charge on any atom is 0.243 e. The highest BCUT2D eigenvalue weighted by Gasteiger charge is 2.51. The lowest BCUT2D eigenvalue weighted by atomic mass is 9.73. The Morgan fingerprint density at radius 3 is 1.96 bits per heavy atom. The number of carbonyl (C=O) groups is 1. The number of pyridine rings is 1. The second-order valence-corrected chi connectivity index (χ2v) is 6.51. The molecule has 4 heteroatoms. The first kappa shape index (κ1) is 16.2. The van der Waals surface area contributed by atoms with Crippen LogP contribution in [-0.4, -0.2) is 21.6 Å². The van der Waals surface area contributed by atoms with E-state index in [1.165, 1.54) is 0 Å². The average molecular weight is 341 g/mol. The quantitative estimate of drug-likeness (QED) is 0.785. The molecule has 0 saturated carbocycles. The van der Waals surface area contributed by atoms with Gasteiger partial charge in [-0.2, -0.15) is 0 Å². The van der Waals surface area contributed by atoms with Gasteiger partial charge in [0.25, 0.3) is 0 Å². The lowest BCUT2D eigenvalue weighted by Gasteiger charge is -2.28. The molecular weight excluding hydrogens is 322 g/mol. The van der Waals surface area contributed by atoms with Crippen LogP contribution in [0.2, 0.25) is 0 Å². The number of benzene rings is 2. The molecular formula is C22H19N3O. The summed E-state index contributed by atoms with van der Waals surface area (Å²) in [5.41, 5.74) is 1.98. The molecule has 1 fully saturated rings. The van der Waals surface area contributed by atoms with Gasteiger partial charge >= 0.3 is 0 Å². The number of carbonyl (C=O) groups excluding carboxylic acids is 1. The summed E-state index contributed by atoms with van der Waals surface area (Å²) in [7, 11) is 0. The fourth-order valence-corrected chi connectivity index (χ4v) is 3.68. The number of nitrogens with zero attached hydrogens (tertiary/aromatic N) is 2. The van der Waals surface area contributed by atoms with E-state index in [4.69, 9.17) is 5.41 Å². The Morgan fingerprint density at radius 2 is 1.42 bits per heavy atom. The minimum absolute atomic E-state index is 0.0447. The van der Waals surface area contributed by atoms with Crippen LogP contribution < -0.4 is 0 Å². The molecule has 0 spiro atoms. The summed E-state index contributed by atoms with van der Waals surface area (Å²) in [5.74, 6) is 0.302. The molecule has 0 unspecified atom stereocenters. The van der Waals surface area contributed by atoms with Crippen LogP contribution in [0.3, 0.4) is 0 Å². The summed E-state index contributed by atoms with van der Waals surface area (Å²) in [4.78, 5) is 19.2. The van der Waals surface area contributed by atoms with Gasteiger partial charge in [0.2, 0.25) is 5.91 Å². The lowest BCUT2D eigenvalue weighted by molar-refractivity contribution is -0.130. The second kappa shape index (κ2) is 6.56. The van der Waals surface area contributed by atoms with Crippen molar-refractivity contribution in [3.05, 3.63) is 102 Å². The van der Waals surface area contributed by atoms with E-state index in [-0.39, 0.29) is 5.91 Å². The second-order valence-electron chi connectivity index (χ2n) is 6.51. The molecule has 3 aromatic rings. The third-order valence-corrected chi connectivity index (χ3v) is 4.99. The molecule has 1 aromatic heterocycles. The SMILES string of the molecule is N=C1CC(c2ccccc2)(c2ccccc2)C(=O)N1Cc1ccncc1. The summed E-state index contributed by atoms with van der Waals surface area (Å²) in [6.45, 7) is 0.390. The van der Waals surface area contributed by atoms with Gasteiger partial charge in [-0.05, 0) is 28.8 Å². The van der Waals surface area contributed by atoms with Crippen LogP contribution in [0.4, 0.5) is 0 Å². The molecule has 1 amide bonds. The summed E-state index contributed by atoms with van der Waals surface area (Å²) < 4.78 is 0. The van der Waals surface area contributed by atoms with E-state index in [9.17, 15) is 4.79 Å². The number of amidine groups is 1. The van der Waals surface area contributed by atoms with Crippen molar-refractivity contribution in [3.63, 3.8) is 0 Å². The van der Waals surface area contributed by atoms with Crippen molar-refractivity contribution in [2.45, 2.75) is 18.4 Å². The molecule has 128 valence electrons. The Bertz CT molecular complexity index is 884. The fourth-order valence-electron chi connectivity index (χ4n) is 3.68. The predicted octanol–water partition coefficient (Wildman–Crippen LogP) is 3.78. The first-order chi connectivity index (χ1) is 12.7. The van der Waals surface area contributed by atoms with Crippen LogP contribution in [0.1, 0.15) is 23.1 Å². The molecule has 1 saturated heterocycles. The van der Waals surface area contributed by atoms with Gasteiger partial charge in [-0.15, -0.1) is 0 Å². The molecule has 1 aliphatic rings. The van der Waals surface area contributed by atoms with Gasteiger partial charge in [0.1, 0.15) is 11.3 Å². The summed E-state index contributed by atoms with van der Waals surface area (Å²) in [5, 5.41) is 8.53. The summed E-state index contributed by atoms with van der Waals surface area (Å²) in [6.07, 6.45) is 3.78. The monoisotopic (exact) mass is 341 g/mol. The Hall–Kier alpha value is -3.27. The summed E-state index contributed by atoms with van der Waals surface area (Å²) in [6, 6.07) is 23.4. The van der Waals surface area contributed by atoms with Crippen molar-refractivity contribution in [1.29, 1.82) is 5.41 Å². The summed E-state index contributed by atoms with van der Waals surface area (Å²) >= 11 is 0. The zero-order chi connectivity index (χ0) is 18.0. The molecule has 1 N–H and O–H groups in total. The van der Waals surface area contributed by atoms with Crippen LogP contribution in [0.15, 0.2) is 85.2 Å². The van der Waals surface area contributed by atoms with Crippen LogP contribution in [0, 0.1) is 5.41 Å². The Balaban J connectivity index is 1.80. The molecule has 2 aromatic carbocycles. The number of rotatable bonds is 4. The van der Waals surface area contributed by atoms with Crippen LogP contribution in [0.25, 0.3) is 0 Å². The normalized spacial score (nSPS) is 16.1. The number of nitrogens with one attached hydrogen (secondary N) is 1. The van der Waals surface area contributed by atoms with E-state index in [1.54, 1.807) is 17.3 Å². The Kier molecular flexibility index (Phi) is 4.09. The van der Waals surface area contributed by atoms with E-state index in [1.807, 2.05) is 72.8 Å². The third-order valence-electron chi connectivity index (χ3n) is 4.99. The zero-order valence-electron chi connectivity index (χ0n) is 14.3. The fraction of sp³-hybridized carbons (Fsp3) is 0.136. The van der Waals surface area contributed by atoms with E-state index in [0.29, 0.717) is 18.8 Å². The average Bonchev–Trinajstić information content (AvgIpc) is 2.96. The molecule has 0 atom stereocenters. The highest BCUT2D eigenvalue weighted by atomic mass is 16.2. The van der Waals surface area contributed by atoms with Crippen LogP contribution in [-0.2, 0) is 16.8 Å². The molecule has 1 aliphatic heterocycles. The Morgan fingerprint density at radius 1 is 0.885 bits per heavy atom. The van der Waals surface area contributed by atoms with Crippen molar-refractivity contribution in [1.82, 2.24) is 9.88 Å². The predicted molar refractivity (Wildman–Crippen MR) is 101 cm³/mol. The topological polar surface area (TPSA) is 57.1 Å². The van der Waals surface area contributed by atoms with Crippen molar-refractivity contribution >= 4 is 11.7 Å². The minimum Gasteiger partial charge on any atom is -0.295 e. The number of hydrogen-bond donors (Lipinski definition) is 1. The first-order valence-corrected chi connectivity index (χ1v) is 8.61. The molecule has 0 bridgehead atoms. The highest BCUT2D eigenvalue weighted by Crippen LogP contribution is 2.43. The molecule has 0 aliphatic carbocycles. The van der Waals surface area contributed by atoms with Gasteiger partial charge < -0.3 is 0 Å². The van der Waals surface area contributed by atoms with E-state index in [2.05, 4.69) is 4.98 Å². The number of amides is 1. The third kappa shape index (κ3) is 2.60.